The molecule has 1 aromatic carbocycles. The number of aliphatic hydroxyl groups excluding tert-OH is 1. The average Bonchev–Trinajstić information content (AvgIpc) is 2.50. The highest BCUT2D eigenvalue weighted by Crippen LogP contribution is 2.25. The molecular weight excluding hydrogens is 250 g/mol. The van der Waals surface area contributed by atoms with Crippen LogP contribution in [0.25, 0.3) is 0 Å². The van der Waals surface area contributed by atoms with E-state index in [2.05, 4.69) is 30.4 Å². The molecule has 1 aromatic rings. The van der Waals surface area contributed by atoms with Gasteiger partial charge in [-0.25, -0.2) is 0 Å². The van der Waals surface area contributed by atoms with Gasteiger partial charge in [0.15, 0.2) is 0 Å². The molecule has 0 heterocycles. The summed E-state index contributed by atoms with van der Waals surface area (Å²) < 4.78 is 5.83. The van der Waals surface area contributed by atoms with E-state index in [-0.39, 0.29) is 12.6 Å². The van der Waals surface area contributed by atoms with Gasteiger partial charge in [0, 0.05) is 6.04 Å². The summed E-state index contributed by atoms with van der Waals surface area (Å²) in [4.78, 5) is 0. The van der Waals surface area contributed by atoms with Crippen molar-refractivity contribution in [3.05, 3.63) is 29.3 Å². The van der Waals surface area contributed by atoms with Crippen molar-refractivity contribution in [3.63, 3.8) is 0 Å². The summed E-state index contributed by atoms with van der Waals surface area (Å²) in [6, 6.07) is 6.63. The molecule has 0 aromatic heterocycles. The number of fused-ring (bicyclic) bond motifs is 1. The molecule has 2 rings (SSSR count). The molecule has 0 aliphatic heterocycles. The first-order chi connectivity index (χ1) is 9.83. The van der Waals surface area contributed by atoms with E-state index in [9.17, 15) is 5.11 Å². The summed E-state index contributed by atoms with van der Waals surface area (Å²) in [6.07, 6.45) is 6.93. The maximum atomic E-state index is 9.29. The zero-order valence-corrected chi connectivity index (χ0v) is 12.5. The predicted molar refractivity (Wildman–Crippen MR) is 82.4 cm³/mol. The highest BCUT2D eigenvalue weighted by molar-refractivity contribution is 5.37. The fraction of sp³-hybridized carbons (Fsp3) is 0.647. The van der Waals surface area contributed by atoms with Crippen molar-refractivity contribution in [1.82, 2.24) is 5.32 Å². The van der Waals surface area contributed by atoms with Crippen LogP contribution in [-0.2, 0) is 12.8 Å². The third-order valence-electron chi connectivity index (χ3n) is 3.96. The first kappa shape index (κ1) is 15.3. The lowest BCUT2D eigenvalue weighted by Gasteiger charge is -2.18. The number of nitrogens with one attached hydrogen (secondary N) is 1. The third-order valence-corrected chi connectivity index (χ3v) is 3.96. The van der Waals surface area contributed by atoms with Crippen LogP contribution in [0, 0.1) is 0 Å². The summed E-state index contributed by atoms with van der Waals surface area (Å²) in [5, 5.41) is 12.6. The van der Waals surface area contributed by atoms with Gasteiger partial charge in [0.2, 0.25) is 0 Å². The molecule has 0 amide bonds. The molecule has 1 unspecified atom stereocenters. The smallest absolute Gasteiger partial charge is 0.119 e. The second-order valence-electron chi connectivity index (χ2n) is 5.61. The topological polar surface area (TPSA) is 41.5 Å². The minimum atomic E-state index is 0.146. The second kappa shape index (κ2) is 8.28. The molecule has 3 nitrogen and oxygen atoms in total. The van der Waals surface area contributed by atoms with Crippen LogP contribution in [-0.4, -0.2) is 30.9 Å². The van der Waals surface area contributed by atoms with Gasteiger partial charge in [-0.3, -0.25) is 0 Å². The Balaban J connectivity index is 1.78. The molecule has 1 atom stereocenters. The molecule has 0 saturated heterocycles. The van der Waals surface area contributed by atoms with Crippen molar-refractivity contribution in [2.75, 3.05) is 19.8 Å². The second-order valence-corrected chi connectivity index (χ2v) is 5.61. The van der Waals surface area contributed by atoms with Crippen LogP contribution in [0.3, 0.4) is 0 Å². The van der Waals surface area contributed by atoms with Crippen LogP contribution in [0.2, 0.25) is 0 Å². The van der Waals surface area contributed by atoms with Gasteiger partial charge < -0.3 is 15.2 Å². The Morgan fingerprint density at radius 3 is 2.80 bits per heavy atom. The molecule has 0 saturated carbocycles. The van der Waals surface area contributed by atoms with Gasteiger partial charge >= 0.3 is 0 Å². The molecule has 112 valence electrons. The van der Waals surface area contributed by atoms with Crippen molar-refractivity contribution in [2.45, 2.75) is 51.5 Å². The van der Waals surface area contributed by atoms with E-state index in [1.54, 1.807) is 0 Å². The van der Waals surface area contributed by atoms with E-state index < -0.39 is 0 Å². The Kier molecular flexibility index (Phi) is 6.34. The molecule has 2 N–H and O–H groups in total. The van der Waals surface area contributed by atoms with Crippen LogP contribution in [0.1, 0.15) is 43.7 Å². The third kappa shape index (κ3) is 4.50. The summed E-state index contributed by atoms with van der Waals surface area (Å²) in [7, 11) is 0. The fourth-order valence-corrected chi connectivity index (χ4v) is 2.72. The average molecular weight is 277 g/mol. The predicted octanol–water partition coefficient (Wildman–Crippen LogP) is 2.69. The molecule has 1 aliphatic carbocycles. The van der Waals surface area contributed by atoms with Crippen LogP contribution in [0.5, 0.6) is 5.75 Å². The number of rotatable bonds is 8. The first-order valence-corrected chi connectivity index (χ1v) is 7.92. The van der Waals surface area contributed by atoms with Crippen LogP contribution in [0.4, 0.5) is 0 Å². The number of ether oxygens (including phenoxy) is 1. The minimum Gasteiger partial charge on any atom is -0.494 e. The SMILES string of the molecule is CCCNC(CO)CCOc1ccc2c(c1)CCCC2. The van der Waals surface area contributed by atoms with E-state index in [4.69, 9.17) is 4.74 Å². The van der Waals surface area contributed by atoms with Crippen molar-refractivity contribution < 1.29 is 9.84 Å². The lowest BCUT2D eigenvalue weighted by Crippen LogP contribution is -2.34. The molecule has 3 heteroatoms. The van der Waals surface area contributed by atoms with E-state index in [1.807, 2.05) is 0 Å². The highest BCUT2D eigenvalue weighted by atomic mass is 16.5. The number of hydrogen-bond acceptors (Lipinski definition) is 3. The molecular formula is C17H27NO2. The van der Waals surface area contributed by atoms with Gasteiger partial charge in [0.25, 0.3) is 0 Å². The molecule has 20 heavy (non-hydrogen) atoms. The number of aliphatic hydroxyl groups is 1. The Morgan fingerprint density at radius 1 is 1.25 bits per heavy atom. The monoisotopic (exact) mass is 277 g/mol. The summed E-state index contributed by atoms with van der Waals surface area (Å²) >= 11 is 0. The van der Waals surface area contributed by atoms with Gasteiger partial charge in [0.1, 0.15) is 5.75 Å². The van der Waals surface area contributed by atoms with E-state index in [0.717, 1.165) is 25.1 Å². The maximum Gasteiger partial charge on any atom is 0.119 e. The summed E-state index contributed by atoms with van der Waals surface area (Å²) in [5.41, 5.74) is 2.94. The minimum absolute atomic E-state index is 0.146. The van der Waals surface area contributed by atoms with Gasteiger partial charge in [-0.1, -0.05) is 13.0 Å². The van der Waals surface area contributed by atoms with E-state index in [1.165, 1.54) is 36.8 Å². The van der Waals surface area contributed by atoms with Crippen molar-refractivity contribution >= 4 is 0 Å². The molecule has 0 radical (unpaired) electrons. The lowest BCUT2D eigenvalue weighted by molar-refractivity contribution is 0.209. The number of benzene rings is 1. The van der Waals surface area contributed by atoms with Gasteiger partial charge in [-0.2, -0.15) is 0 Å². The van der Waals surface area contributed by atoms with Crippen LogP contribution in [0.15, 0.2) is 18.2 Å². The molecule has 0 spiro atoms. The van der Waals surface area contributed by atoms with E-state index >= 15 is 0 Å². The van der Waals surface area contributed by atoms with Crippen molar-refractivity contribution in [2.24, 2.45) is 0 Å². The fourth-order valence-electron chi connectivity index (χ4n) is 2.72. The van der Waals surface area contributed by atoms with Crippen LogP contribution < -0.4 is 10.1 Å². The lowest BCUT2D eigenvalue weighted by atomic mass is 9.92. The molecule has 0 bridgehead atoms. The summed E-state index contributed by atoms with van der Waals surface area (Å²) in [6.45, 7) is 3.91. The Bertz CT molecular complexity index is 406. The van der Waals surface area contributed by atoms with Gasteiger partial charge in [0.05, 0.1) is 13.2 Å². The Labute approximate surface area is 122 Å². The van der Waals surface area contributed by atoms with Crippen molar-refractivity contribution in [3.8, 4) is 5.75 Å². The molecule has 0 fully saturated rings. The Hall–Kier alpha value is -1.06. The first-order valence-electron chi connectivity index (χ1n) is 7.92. The van der Waals surface area contributed by atoms with Crippen LogP contribution >= 0.6 is 0 Å². The largest absolute Gasteiger partial charge is 0.494 e. The maximum absolute atomic E-state index is 9.29. The summed E-state index contributed by atoms with van der Waals surface area (Å²) in [5.74, 6) is 0.970. The number of aryl methyl sites for hydroxylation is 2. The zero-order chi connectivity index (χ0) is 14.2. The van der Waals surface area contributed by atoms with Gasteiger partial charge in [-0.15, -0.1) is 0 Å². The normalized spacial score (nSPS) is 15.7. The van der Waals surface area contributed by atoms with E-state index in [0.29, 0.717) is 6.61 Å². The zero-order valence-electron chi connectivity index (χ0n) is 12.5. The quantitative estimate of drug-likeness (QED) is 0.767. The standard InChI is InChI=1S/C17H27NO2/c1-2-10-18-16(13-19)9-11-20-17-8-7-14-5-3-4-6-15(14)12-17/h7-8,12,16,18-19H,2-6,9-11,13H2,1H3. The molecule has 1 aliphatic rings. The van der Waals surface area contributed by atoms with Gasteiger partial charge in [-0.05, 0) is 68.3 Å². The Morgan fingerprint density at radius 2 is 2.05 bits per heavy atom. The highest BCUT2D eigenvalue weighted by Gasteiger charge is 2.10. The number of hydrogen-bond donors (Lipinski definition) is 2. The van der Waals surface area contributed by atoms with Crippen molar-refractivity contribution in [1.29, 1.82) is 0 Å².